The molecule has 4 heterocycles. The number of nitrogens with zero attached hydrogens (tertiary/aromatic N) is 4. The fourth-order valence-electron chi connectivity index (χ4n) is 11.7. The molecule has 0 bridgehead atoms. The lowest BCUT2D eigenvalue weighted by Crippen LogP contribution is -2.34. The van der Waals surface area contributed by atoms with Gasteiger partial charge in [0.15, 0.2) is 0 Å². The number of fused-ring (bicyclic) bond motifs is 10. The van der Waals surface area contributed by atoms with Gasteiger partial charge in [0.2, 0.25) is 0 Å². The van der Waals surface area contributed by atoms with Crippen LogP contribution < -0.4 is 9.80 Å². The minimum absolute atomic E-state index is 0.658. The van der Waals surface area contributed by atoms with Crippen LogP contribution in [0, 0.1) is 22.7 Å². The Morgan fingerprint density at radius 2 is 0.745 bits per heavy atom. The summed E-state index contributed by atoms with van der Waals surface area (Å²) >= 11 is 0. The zero-order valence-electron chi connectivity index (χ0n) is 31.0. The number of benzene rings is 6. The van der Waals surface area contributed by atoms with Crippen molar-refractivity contribution in [2.45, 2.75) is 56.8 Å². The van der Waals surface area contributed by atoms with E-state index < -0.39 is 5.41 Å². The smallest absolute Gasteiger partial charge is 0.0991 e. The predicted molar refractivity (Wildman–Crippen MR) is 221 cm³/mol. The predicted octanol–water partition coefficient (Wildman–Crippen LogP) is 10.5. The molecule has 6 aromatic rings. The van der Waals surface area contributed by atoms with Gasteiger partial charge in [0.1, 0.15) is 0 Å². The van der Waals surface area contributed by atoms with Gasteiger partial charge in [-0.3, -0.25) is 0 Å². The van der Waals surface area contributed by atoms with Crippen LogP contribution >= 0.6 is 0 Å². The van der Waals surface area contributed by atoms with Crippen molar-refractivity contribution in [1.29, 1.82) is 10.5 Å². The van der Waals surface area contributed by atoms with E-state index in [0.29, 0.717) is 11.1 Å². The molecule has 0 saturated carbocycles. The van der Waals surface area contributed by atoms with Crippen LogP contribution in [0.15, 0.2) is 97.1 Å². The Hall–Kier alpha value is -6.10. The summed E-state index contributed by atoms with van der Waals surface area (Å²) in [4.78, 5) is 5.24. The minimum atomic E-state index is -0.681. The first-order chi connectivity index (χ1) is 27.1. The van der Waals surface area contributed by atoms with Gasteiger partial charge in [-0.15, -0.1) is 0 Å². The van der Waals surface area contributed by atoms with E-state index in [-0.39, 0.29) is 0 Å². The van der Waals surface area contributed by atoms with Gasteiger partial charge in [0.05, 0.1) is 28.7 Å². The van der Waals surface area contributed by atoms with E-state index in [1.807, 2.05) is 12.1 Å². The molecule has 4 nitrogen and oxygen atoms in total. The largest absolute Gasteiger partial charge is 0.371 e. The third-order valence-electron chi connectivity index (χ3n) is 13.9. The first-order valence-electron chi connectivity index (χ1n) is 20.3. The van der Waals surface area contributed by atoms with Crippen molar-refractivity contribution in [3.63, 3.8) is 0 Å². The lowest BCUT2D eigenvalue weighted by Gasteiger charge is -2.37. The molecule has 0 fully saturated rings. The molecular formula is C51H40N4. The van der Waals surface area contributed by atoms with Crippen molar-refractivity contribution < 1.29 is 0 Å². The van der Waals surface area contributed by atoms with E-state index in [2.05, 4.69) is 107 Å². The third kappa shape index (κ3) is 4.26. The molecule has 4 heteroatoms. The Kier molecular flexibility index (Phi) is 6.51. The van der Waals surface area contributed by atoms with E-state index in [4.69, 9.17) is 0 Å². The van der Waals surface area contributed by atoms with Gasteiger partial charge in [0, 0.05) is 37.6 Å². The maximum Gasteiger partial charge on any atom is 0.0991 e. The Bertz CT molecular complexity index is 2520. The van der Waals surface area contributed by atoms with Gasteiger partial charge in [-0.25, -0.2) is 0 Å². The second-order valence-corrected chi connectivity index (χ2v) is 16.7. The zero-order chi connectivity index (χ0) is 36.4. The average Bonchev–Trinajstić information content (AvgIpc) is 3.69. The lowest BCUT2D eigenvalue weighted by molar-refractivity contribution is 0.634. The van der Waals surface area contributed by atoms with E-state index in [0.717, 1.165) is 47.9 Å². The summed E-state index contributed by atoms with van der Waals surface area (Å²) in [6.45, 7) is 4.67. The molecule has 264 valence electrons. The molecule has 0 radical (unpaired) electrons. The molecule has 0 unspecified atom stereocenters. The topological polar surface area (TPSA) is 54.1 Å². The molecule has 6 aromatic carbocycles. The Morgan fingerprint density at radius 3 is 1.11 bits per heavy atom. The summed E-state index contributed by atoms with van der Waals surface area (Å²) < 4.78 is 0. The number of hydrogen-bond donors (Lipinski definition) is 0. The van der Waals surface area contributed by atoms with Crippen LogP contribution in [-0.4, -0.2) is 26.2 Å². The highest BCUT2D eigenvalue weighted by Crippen LogP contribution is 2.64. The van der Waals surface area contributed by atoms with Gasteiger partial charge in [0.25, 0.3) is 0 Å². The number of rotatable bonds is 2. The summed E-state index contributed by atoms with van der Waals surface area (Å²) in [5, 5.41) is 20.6. The normalized spacial score (nSPS) is 17.3. The Morgan fingerprint density at radius 1 is 0.400 bits per heavy atom. The third-order valence-corrected chi connectivity index (χ3v) is 13.9. The quantitative estimate of drug-likeness (QED) is 0.179. The highest BCUT2D eigenvalue weighted by atomic mass is 15.1. The molecule has 1 spiro atoms. The van der Waals surface area contributed by atoms with Crippen molar-refractivity contribution in [3.8, 4) is 56.6 Å². The lowest BCUT2D eigenvalue weighted by atomic mass is 9.69. The zero-order valence-corrected chi connectivity index (χ0v) is 31.0. The fraction of sp³-hybridized carbons (Fsp3) is 0.255. The van der Waals surface area contributed by atoms with E-state index >= 15 is 0 Å². The second-order valence-electron chi connectivity index (χ2n) is 16.7. The van der Waals surface area contributed by atoms with Crippen molar-refractivity contribution in [2.75, 3.05) is 36.0 Å². The SMILES string of the molecule is N#Cc1ccc2c(c1)C1(c3cc(C#N)ccc3-2)c2cc(-c3cc4c5c(c3)CCCN5CCC4)ccc2-c2ccc(-c3cc4c5c(c3)CCCN5CCC4)cc21. The van der Waals surface area contributed by atoms with Gasteiger partial charge in [-0.2, -0.15) is 10.5 Å². The van der Waals surface area contributed by atoms with Gasteiger partial charge < -0.3 is 9.80 Å². The highest BCUT2D eigenvalue weighted by molar-refractivity contribution is 5.97. The van der Waals surface area contributed by atoms with Gasteiger partial charge >= 0.3 is 0 Å². The van der Waals surface area contributed by atoms with Crippen molar-refractivity contribution >= 4 is 11.4 Å². The molecule has 55 heavy (non-hydrogen) atoms. The van der Waals surface area contributed by atoms with E-state index in [1.54, 1.807) is 0 Å². The number of anilines is 2. The summed E-state index contributed by atoms with van der Waals surface area (Å²) in [7, 11) is 0. The van der Waals surface area contributed by atoms with Gasteiger partial charge in [-0.1, -0.05) is 36.4 Å². The fourth-order valence-corrected chi connectivity index (χ4v) is 11.7. The maximum atomic E-state index is 10.3. The van der Waals surface area contributed by atoms with Crippen LogP contribution in [0.2, 0.25) is 0 Å². The summed E-state index contributed by atoms with van der Waals surface area (Å²) in [5.41, 5.74) is 24.1. The number of nitriles is 2. The van der Waals surface area contributed by atoms with E-state index in [1.165, 1.54) is 130 Å². The van der Waals surface area contributed by atoms with Crippen LogP contribution in [0.25, 0.3) is 44.5 Å². The molecule has 0 atom stereocenters. The summed E-state index contributed by atoms with van der Waals surface area (Å²) in [6.07, 6.45) is 9.36. The molecule has 0 N–H and O–H groups in total. The molecular weight excluding hydrogens is 669 g/mol. The number of hydrogen-bond acceptors (Lipinski definition) is 4. The molecule has 12 rings (SSSR count). The first-order valence-corrected chi connectivity index (χ1v) is 20.3. The first kappa shape index (κ1) is 31.3. The van der Waals surface area contributed by atoms with Crippen molar-refractivity contribution in [1.82, 2.24) is 0 Å². The molecule has 2 aliphatic carbocycles. The molecule has 0 saturated heterocycles. The van der Waals surface area contributed by atoms with E-state index in [9.17, 15) is 10.5 Å². The van der Waals surface area contributed by atoms with Crippen molar-refractivity contribution in [3.05, 3.63) is 153 Å². The van der Waals surface area contributed by atoms with Crippen LogP contribution in [-0.2, 0) is 31.1 Å². The van der Waals surface area contributed by atoms with Crippen LogP contribution in [0.1, 0.15) is 81.3 Å². The average molecular weight is 709 g/mol. The second kappa shape index (κ2) is 11.5. The van der Waals surface area contributed by atoms with Crippen molar-refractivity contribution in [2.24, 2.45) is 0 Å². The molecule has 0 aromatic heterocycles. The van der Waals surface area contributed by atoms with Crippen LogP contribution in [0.4, 0.5) is 11.4 Å². The number of aryl methyl sites for hydroxylation is 4. The Labute approximate surface area is 322 Å². The Balaban J connectivity index is 1.13. The highest BCUT2D eigenvalue weighted by Gasteiger charge is 2.52. The molecule has 4 aliphatic heterocycles. The molecule has 0 amide bonds. The van der Waals surface area contributed by atoms with Crippen LogP contribution in [0.5, 0.6) is 0 Å². The maximum absolute atomic E-state index is 10.3. The van der Waals surface area contributed by atoms with Crippen LogP contribution in [0.3, 0.4) is 0 Å². The molecule has 6 aliphatic rings. The monoisotopic (exact) mass is 708 g/mol. The minimum Gasteiger partial charge on any atom is -0.371 e. The summed E-state index contributed by atoms with van der Waals surface area (Å²) in [6, 6.07) is 41.6. The van der Waals surface area contributed by atoms with Gasteiger partial charge in [-0.05, 0) is 201 Å². The standard InChI is InChI=1S/C51H40N4/c52-29-31-9-13-41-42-14-10-32(30-53)22-46(42)51(45(41)21-31)47-27-33(39-23-35-5-1-17-54-18-2-6-36(24-39)49(35)54)11-15-43(47)44-16-12-34(28-48(44)51)40-25-37-7-3-19-55-20-4-8-38(26-40)50(37)55/h9-16,21-28H,1-8,17-20H2. The summed E-state index contributed by atoms with van der Waals surface area (Å²) in [5.74, 6) is 0.